The fraction of sp³-hybridized carbons (Fsp3) is 0.125. The topological polar surface area (TPSA) is 29.4 Å². The largest absolute Gasteiger partial charge is 0.416 e. The van der Waals surface area contributed by atoms with E-state index in [2.05, 4.69) is 20.9 Å². The smallest absolute Gasteiger partial charge is 0.211 e. The summed E-state index contributed by atoms with van der Waals surface area (Å²) in [6.07, 6.45) is -3.64. The molecule has 0 atom stereocenters. The minimum Gasteiger partial charge on any atom is -0.211 e. The molecule has 0 unspecified atom stereocenters. The van der Waals surface area contributed by atoms with E-state index in [1.165, 1.54) is 0 Å². The Morgan fingerprint density at radius 2 is 1.93 bits per heavy atom. The van der Waals surface area contributed by atoms with Crippen molar-refractivity contribution in [3.63, 3.8) is 0 Å². The summed E-state index contributed by atoms with van der Waals surface area (Å²) in [5.74, 6) is -1.14. The molecule has 0 saturated carbocycles. The third-order valence-corrected chi connectivity index (χ3v) is 2.29. The van der Waals surface area contributed by atoms with Crippen molar-refractivity contribution in [2.45, 2.75) is 6.18 Å². The van der Waals surface area contributed by atoms with Gasteiger partial charge < -0.3 is 0 Å². The molecule has 0 saturated heterocycles. The number of hydrogen-bond acceptors (Lipinski definition) is 2. The molecule has 0 bridgehead atoms. The predicted molar refractivity (Wildman–Crippen MR) is 46.9 cm³/mol. The van der Waals surface area contributed by atoms with E-state index in [4.69, 9.17) is 0 Å². The molecular formula is C8H2BrF4NO. The van der Waals surface area contributed by atoms with Gasteiger partial charge in [0.15, 0.2) is 0 Å². The molecule has 0 aliphatic carbocycles. The molecule has 0 aromatic heterocycles. The summed E-state index contributed by atoms with van der Waals surface area (Å²) in [7, 11) is 0. The van der Waals surface area contributed by atoms with E-state index in [0.717, 1.165) is 6.08 Å². The van der Waals surface area contributed by atoms with Gasteiger partial charge in [-0.25, -0.2) is 9.18 Å². The van der Waals surface area contributed by atoms with Crippen LogP contribution in [0.2, 0.25) is 0 Å². The van der Waals surface area contributed by atoms with Gasteiger partial charge in [0.1, 0.15) is 5.82 Å². The highest BCUT2D eigenvalue weighted by atomic mass is 79.9. The Balaban J connectivity index is 3.42. The SMILES string of the molecule is O=C=Nc1cc(C(F)(F)F)cc(F)c1Br. The molecule has 1 aromatic carbocycles. The van der Waals surface area contributed by atoms with Crippen LogP contribution in [0.1, 0.15) is 5.56 Å². The van der Waals surface area contributed by atoms with Crippen molar-refractivity contribution < 1.29 is 22.4 Å². The summed E-state index contributed by atoms with van der Waals surface area (Å²) >= 11 is 2.67. The van der Waals surface area contributed by atoms with Gasteiger partial charge >= 0.3 is 6.18 Å². The average molecular weight is 284 g/mol. The molecule has 0 N–H and O–H groups in total. The molecule has 7 heteroatoms. The number of benzene rings is 1. The lowest BCUT2D eigenvalue weighted by Gasteiger charge is -2.08. The van der Waals surface area contributed by atoms with Gasteiger partial charge in [0.05, 0.1) is 15.7 Å². The first-order chi connectivity index (χ1) is 6.86. The third kappa shape index (κ3) is 2.64. The molecule has 0 radical (unpaired) electrons. The highest BCUT2D eigenvalue weighted by Crippen LogP contribution is 2.36. The number of alkyl halides is 3. The molecule has 0 spiro atoms. The summed E-state index contributed by atoms with van der Waals surface area (Å²) in [4.78, 5) is 12.8. The van der Waals surface area contributed by atoms with Gasteiger partial charge in [-0.1, -0.05) is 0 Å². The number of nitrogens with zero attached hydrogens (tertiary/aromatic N) is 1. The lowest BCUT2D eigenvalue weighted by Crippen LogP contribution is -2.05. The lowest BCUT2D eigenvalue weighted by atomic mass is 10.2. The number of rotatable bonds is 1. The van der Waals surface area contributed by atoms with E-state index in [0.29, 0.717) is 12.1 Å². The Labute approximate surface area is 89.7 Å². The zero-order valence-corrected chi connectivity index (χ0v) is 8.49. The van der Waals surface area contributed by atoms with Gasteiger partial charge in [0.25, 0.3) is 0 Å². The van der Waals surface area contributed by atoms with Crippen LogP contribution >= 0.6 is 15.9 Å². The summed E-state index contributed by atoms with van der Waals surface area (Å²) in [5, 5.41) is 0. The van der Waals surface area contributed by atoms with Crippen molar-refractivity contribution in [2.75, 3.05) is 0 Å². The molecule has 0 aliphatic rings. The lowest BCUT2D eigenvalue weighted by molar-refractivity contribution is -0.137. The fourth-order valence-corrected chi connectivity index (χ4v) is 1.19. The van der Waals surface area contributed by atoms with Crippen molar-refractivity contribution in [2.24, 2.45) is 4.99 Å². The van der Waals surface area contributed by atoms with Crippen LogP contribution in [-0.4, -0.2) is 6.08 Å². The highest BCUT2D eigenvalue weighted by molar-refractivity contribution is 9.10. The molecule has 0 aliphatic heterocycles. The maximum Gasteiger partial charge on any atom is 0.416 e. The predicted octanol–water partition coefficient (Wildman–Crippen LogP) is 3.57. The van der Waals surface area contributed by atoms with Crippen molar-refractivity contribution in [3.8, 4) is 0 Å². The van der Waals surface area contributed by atoms with E-state index in [-0.39, 0.29) is 4.47 Å². The van der Waals surface area contributed by atoms with Crippen LogP contribution in [0, 0.1) is 5.82 Å². The fourth-order valence-electron chi connectivity index (χ4n) is 0.869. The van der Waals surface area contributed by atoms with Crippen LogP contribution in [0.25, 0.3) is 0 Å². The molecular weight excluding hydrogens is 282 g/mol. The third-order valence-electron chi connectivity index (χ3n) is 1.50. The molecule has 1 aromatic rings. The number of halogens is 5. The first-order valence-electron chi connectivity index (χ1n) is 3.50. The standard InChI is InChI=1S/C8H2BrF4NO/c9-7-5(10)1-4(8(11,12)13)2-6(7)14-3-15/h1-2H. The first-order valence-corrected chi connectivity index (χ1v) is 4.29. The van der Waals surface area contributed by atoms with Gasteiger partial charge in [-0.05, 0) is 28.1 Å². The highest BCUT2D eigenvalue weighted by Gasteiger charge is 2.32. The summed E-state index contributed by atoms with van der Waals surface area (Å²) in [6.45, 7) is 0. The average Bonchev–Trinajstić information content (AvgIpc) is 2.11. The second kappa shape index (κ2) is 4.12. The van der Waals surface area contributed by atoms with Crippen LogP contribution in [-0.2, 0) is 11.0 Å². The minimum atomic E-state index is -4.69. The summed E-state index contributed by atoms with van der Waals surface area (Å²) in [6, 6.07) is 0.867. The normalized spacial score (nSPS) is 11.0. The number of isocyanates is 1. The molecule has 80 valence electrons. The van der Waals surface area contributed by atoms with Crippen LogP contribution in [0.5, 0.6) is 0 Å². The molecule has 0 fully saturated rings. The number of aliphatic imine (C=N–C) groups is 1. The Morgan fingerprint density at radius 3 is 2.40 bits per heavy atom. The Bertz CT molecular complexity index is 437. The number of carbonyl (C=O) groups excluding carboxylic acids is 1. The van der Waals surface area contributed by atoms with Crippen molar-refractivity contribution >= 4 is 27.7 Å². The van der Waals surface area contributed by atoms with Crippen LogP contribution in [0.4, 0.5) is 23.2 Å². The summed E-state index contributed by atoms with van der Waals surface area (Å²) in [5.41, 5.74) is -1.66. The second-order valence-corrected chi connectivity index (χ2v) is 3.29. The van der Waals surface area contributed by atoms with Gasteiger partial charge in [-0.15, -0.1) is 0 Å². The van der Waals surface area contributed by atoms with E-state index in [1.54, 1.807) is 0 Å². The van der Waals surface area contributed by atoms with E-state index >= 15 is 0 Å². The Kier molecular flexibility index (Phi) is 3.26. The molecule has 1 rings (SSSR count). The first kappa shape index (κ1) is 11.9. The van der Waals surface area contributed by atoms with E-state index in [9.17, 15) is 22.4 Å². The quantitative estimate of drug-likeness (QED) is 0.440. The van der Waals surface area contributed by atoms with Crippen LogP contribution < -0.4 is 0 Å². The van der Waals surface area contributed by atoms with Crippen molar-refractivity contribution in [1.29, 1.82) is 0 Å². The van der Waals surface area contributed by atoms with Crippen LogP contribution in [0.15, 0.2) is 21.6 Å². The Hall–Kier alpha value is -1.20. The Morgan fingerprint density at radius 1 is 1.33 bits per heavy atom. The van der Waals surface area contributed by atoms with Gasteiger partial charge in [0, 0.05) is 0 Å². The van der Waals surface area contributed by atoms with Crippen molar-refractivity contribution in [3.05, 3.63) is 28.0 Å². The van der Waals surface area contributed by atoms with Crippen LogP contribution in [0.3, 0.4) is 0 Å². The molecule has 0 heterocycles. The molecule has 15 heavy (non-hydrogen) atoms. The monoisotopic (exact) mass is 283 g/mol. The maximum atomic E-state index is 13.0. The maximum absolute atomic E-state index is 13.0. The zero-order chi connectivity index (χ0) is 11.6. The second-order valence-electron chi connectivity index (χ2n) is 2.49. The van der Waals surface area contributed by atoms with E-state index < -0.39 is 23.2 Å². The summed E-state index contributed by atoms with van der Waals surface area (Å²) < 4.78 is 49.2. The minimum absolute atomic E-state index is 0.307. The van der Waals surface area contributed by atoms with Gasteiger partial charge in [-0.2, -0.15) is 18.2 Å². The zero-order valence-electron chi connectivity index (χ0n) is 6.90. The molecule has 2 nitrogen and oxygen atoms in total. The van der Waals surface area contributed by atoms with E-state index in [1.807, 2.05) is 0 Å². The van der Waals surface area contributed by atoms with Crippen molar-refractivity contribution in [1.82, 2.24) is 0 Å². The number of hydrogen-bond donors (Lipinski definition) is 0. The van der Waals surface area contributed by atoms with Gasteiger partial charge in [-0.3, -0.25) is 0 Å². The van der Waals surface area contributed by atoms with Gasteiger partial charge in [0.2, 0.25) is 6.08 Å². The molecule has 0 amide bonds.